The molecule has 2 nitrogen and oxygen atoms in total. The Kier molecular flexibility index (Phi) is 1.44. The van der Waals surface area contributed by atoms with E-state index in [0.717, 1.165) is 6.42 Å². The predicted octanol–water partition coefficient (Wildman–Crippen LogP) is 0.893. The van der Waals surface area contributed by atoms with Gasteiger partial charge in [0.05, 0.1) is 6.61 Å². The van der Waals surface area contributed by atoms with Gasteiger partial charge in [-0.1, -0.05) is 6.08 Å². The van der Waals surface area contributed by atoms with Crippen molar-refractivity contribution in [2.24, 2.45) is 0 Å². The summed E-state index contributed by atoms with van der Waals surface area (Å²) in [6, 6.07) is 0. The molecule has 40 valence electrons. The molecule has 1 aliphatic heterocycles. The lowest BCUT2D eigenvalue weighted by Crippen LogP contribution is -1.96. The SMILES string of the molecule is C=CC1CCOO1. The molecule has 1 saturated heterocycles. The van der Waals surface area contributed by atoms with Crippen molar-refractivity contribution in [1.82, 2.24) is 0 Å². The highest BCUT2D eigenvalue weighted by Crippen LogP contribution is 2.07. The first-order valence-electron chi connectivity index (χ1n) is 2.34. The van der Waals surface area contributed by atoms with Crippen LogP contribution >= 0.6 is 0 Å². The van der Waals surface area contributed by atoms with Crippen LogP contribution in [0.15, 0.2) is 12.7 Å². The predicted molar refractivity (Wildman–Crippen MR) is 25.6 cm³/mol. The van der Waals surface area contributed by atoms with Crippen LogP contribution in [0.5, 0.6) is 0 Å². The Morgan fingerprint density at radius 3 is 2.86 bits per heavy atom. The van der Waals surface area contributed by atoms with Crippen LogP contribution in [0.4, 0.5) is 0 Å². The van der Waals surface area contributed by atoms with E-state index in [2.05, 4.69) is 16.4 Å². The standard InChI is InChI=1S/C5H8O2/c1-2-5-3-4-6-7-5/h2,5H,1,3-4H2. The zero-order valence-corrected chi connectivity index (χ0v) is 4.09. The molecule has 1 atom stereocenters. The maximum absolute atomic E-state index is 4.68. The Bertz CT molecular complexity index is 64.5. The van der Waals surface area contributed by atoms with Gasteiger partial charge in [0, 0.05) is 6.42 Å². The van der Waals surface area contributed by atoms with Gasteiger partial charge in [-0.15, -0.1) is 6.58 Å². The van der Waals surface area contributed by atoms with Crippen LogP contribution in [0.3, 0.4) is 0 Å². The molecule has 0 radical (unpaired) electrons. The van der Waals surface area contributed by atoms with Crippen LogP contribution in [-0.4, -0.2) is 12.7 Å². The highest BCUT2D eigenvalue weighted by molar-refractivity contribution is 4.79. The topological polar surface area (TPSA) is 18.5 Å². The fraction of sp³-hybridized carbons (Fsp3) is 0.600. The third kappa shape index (κ3) is 1.01. The molecular formula is C5H8O2. The second-order valence-corrected chi connectivity index (χ2v) is 1.48. The molecule has 0 aromatic heterocycles. The summed E-state index contributed by atoms with van der Waals surface area (Å²) >= 11 is 0. The van der Waals surface area contributed by atoms with Crippen LogP contribution < -0.4 is 0 Å². The lowest BCUT2D eigenvalue weighted by atomic mass is 10.3. The van der Waals surface area contributed by atoms with Gasteiger partial charge in [-0.3, -0.25) is 0 Å². The van der Waals surface area contributed by atoms with Crippen molar-refractivity contribution in [3.63, 3.8) is 0 Å². The molecule has 0 N–H and O–H groups in total. The number of hydrogen-bond acceptors (Lipinski definition) is 2. The van der Waals surface area contributed by atoms with Crippen LogP contribution in [0.2, 0.25) is 0 Å². The van der Waals surface area contributed by atoms with E-state index >= 15 is 0 Å². The van der Waals surface area contributed by atoms with Gasteiger partial charge < -0.3 is 0 Å². The second-order valence-electron chi connectivity index (χ2n) is 1.48. The first-order chi connectivity index (χ1) is 3.43. The van der Waals surface area contributed by atoms with Crippen molar-refractivity contribution < 1.29 is 9.78 Å². The van der Waals surface area contributed by atoms with Crippen LogP contribution in [0.1, 0.15) is 6.42 Å². The Balaban J connectivity index is 2.26. The summed E-state index contributed by atoms with van der Waals surface area (Å²) in [5.74, 6) is 0. The summed E-state index contributed by atoms with van der Waals surface area (Å²) in [7, 11) is 0. The van der Waals surface area contributed by atoms with Gasteiger partial charge in [-0.25, -0.2) is 9.78 Å². The average molecular weight is 100 g/mol. The van der Waals surface area contributed by atoms with Crippen molar-refractivity contribution in [1.29, 1.82) is 0 Å². The van der Waals surface area contributed by atoms with Crippen molar-refractivity contribution in [2.75, 3.05) is 6.61 Å². The van der Waals surface area contributed by atoms with Gasteiger partial charge >= 0.3 is 0 Å². The van der Waals surface area contributed by atoms with E-state index in [4.69, 9.17) is 0 Å². The van der Waals surface area contributed by atoms with Crippen molar-refractivity contribution in [2.45, 2.75) is 12.5 Å². The summed E-state index contributed by atoms with van der Waals surface area (Å²) < 4.78 is 0. The highest BCUT2D eigenvalue weighted by atomic mass is 17.2. The lowest BCUT2D eigenvalue weighted by Gasteiger charge is -1.93. The summed E-state index contributed by atoms with van der Waals surface area (Å²) in [6.07, 6.45) is 2.83. The quantitative estimate of drug-likeness (QED) is 0.360. The minimum absolute atomic E-state index is 0.139. The van der Waals surface area contributed by atoms with E-state index < -0.39 is 0 Å². The maximum atomic E-state index is 4.68. The Labute approximate surface area is 42.7 Å². The minimum atomic E-state index is 0.139. The molecule has 2 heteroatoms. The average Bonchev–Trinajstić information content (AvgIpc) is 2.14. The molecule has 7 heavy (non-hydrogen) atoms. The van der Waals surface area contributed by atoms with Crippen LogP contribution in [0.25, 0.3) is 0 Å². The summed E-state index contributed by atoms with van der Waals surface area (Å²) in [4.78, 5) is 9.26. The van der Waals surface area contributed by atoms with E-state index in [-0.39, 0.29) is 6.10 Å². The van der Waals surface area contributed by atoms with Gasteiger partial charge in [-0.2, -0.15) is 0 Å². The molecular weight excluding hydrogens is 92.1 g/mol. The molecule has 0 saturated carbocycles. The molecule has 1 heterocycles. The van der Waals surface area contributed by atoms with E-state index in [1.54, 1.807) is 6.08 Å². The lowest BCUT2D eigenvalue weighted by molar-refractivity contribution is -0.264. The van der Waals surface area contributed by atoms with E-state index in [1.807, 2.05) is 0 Å². The number of rotatable bonds is 1. The van der Waals surface area contributed by atoms with Crippen LogP contribution in [0, 0.1) is 0 Å². The molecule has 1 aliphatic rings. The van der Waals surface area contributed by atoms with Crippen molar-refractivity contribution in [3.8, 4) is 0 Å². The fourth-order valence-corrected chi connectivity index (χ4v) is 0.505. The van der Waals surface area contributed by atoms with E-state index in [9.17, 15) is 0 Å². The number of hydrogen-bond donors (Lipinski definition) is 0. The van der Waals surface area contributed by atoms with Crippen LogP contribution in [-0.2, 0) is 9.78 Å². The first-order valence-corrected chi connectivity index (χ1v) is 2.34. The zero-order valence-electron chi connectivity index (χ0n) is 4.09. The molecule has 1 fully saturated rings. The molecule has 0 aliphatic carbocycles. The van der Waals surface area contributed by atoms with E-state index in [0.29, 0.717) is 6.61 Å². The summed E-state index contributed by atoms with van der Waals surface area (Å²) in [5.41, 5.74) is 0. The molecule has 1 rings (SSSR count). The van der Waals surface area contributed by atoms with Gasteiger partial charge in [-0.05, 0) is 0 Å². The largest absolute Gasteiger partial charge is 0.236 e. The molecule has 0 amide bonds. The molecule has 0 aromatic rings. The molecule has 0 spiro atoms. The monoisotopic (exact) mass is 100 g/mol. The fourth-order valence-electron chi connectivity index (χ4n) is 0.505. The minimum Gasteiger partial charge on any atom is -0.236 e. The Hall–Kier alpha value is -0.340. The normalized spacial score (nSPS) is 30.6. The molecule has 1 unspecified atom stereocenters. The van der Waals surface area contributed by atoms with Gasteiger partial charge in [0.2, 0.25) is 0 Å². The highest BCUT2D eigenvalue weighted by Gasteiger charge is 2.11. The second kappa shape index (κ2) is 2.09. The van der Waals surface area contributed by atoms with E-state index in [1.165, 1.54) is 0 Å². The summed E-state index contributed by atoms with van der Waals surface area (Å²) in [5, 5.41) is 0. The maximum Gasteiger partial charge on any atom is 0.113 e. The smallest absolute Gasteiger partial charge is 0.113 e. The third-order valence-corrected chi connectivity index (χ3v) is 0.940. The van der Waals surface area contributed by atoms with Crippen molar-refractivity contribution >= 4 is 0 Å². The molecule has 0 bridgehead atoms. The zero-order chi connectivity index (χ0) is 5.11. The van der Waals surface area contributed by atoms with Gasteiger partial charge in [0.1, 0.15) is 6.10 Å². The Morgan fingerprint density at radius 1 is 1.71 bits per heavy atom. The van der Waals surface area contributed by atoms with Gasteiger partial charge in [0.25, 0.3) is 0 Å². The molecule has 0 aromatic carbocycles. The summed E-state index contributed by atoms with van der Waals surface area (Å²) in [6.45, 7) is 4.24. The van der Waals surface area contributed by atoms with Gasteiger partial charge in [0.15, 0.2) is 0 Å². The third-order valence-electron chi connectivity index (χ3n) is 0.940. The Morgan fingerprint density at radius 2 is 2.57 bits per heavy atom. The first kappa shape index (κ1) is 4.81. The van der Waals surface area contributed by atoms with Crippen molar-refractivity contribution in [3.05, 3.63) is 12.7 Å².